The highest BCUT2D eigenvalue weighted by atomic mass is 15.3. The van der Waals surface area contributed by atoms with Gasteiger partial charge in [-0.3, -0.25) is 4.98 Å². The smallest absolute Gasteiger partial charge is 0.111 e. The van der Waals surface area contributed by atoms with Crippen LogP contribution in [0.4, 0.5) is 0 Å². The third-order valence-corrected chi connectivity index (χ3v) is 2.30. The first-order valence-corrected chi connectivity index (χ1v) is 4.79. The fraction of sp³-hybridized carbons (Fsp3) is 0. The van der Waals surface area contributed by atoms with E-state index in [2.05, 4.69) is 10.1 Å². The summed E-state index contributed by atoms with van der Waals surface area (Å²) < 4.78 is 1.84. The lowest BCUT2D eigenvalue weighted by Gasteiger charge is -1.97. The van der Waals surface area contributed by atoms with Crippen molar-refractivity contribution >= 4 is 11.0 Å². The minimum absolute atomic E-state index is 0.918. The molecule has 0 aliphatic heterocycles. The first kappa shape index (κ1) is 8.17. The van der Waals surface area contributed by atoms with Crippen LogP contribution in [0.5, 0.6) is 0 Å². The Morgan fingerprint density at radius 2 is 1.73 bits per heavy atom. The van der Waals surface area contributed by atoms with Crippen LogP contribution >= 0.6 is 0 Å². The third-order valence-electron chi connectivity index (χ3n) is 2.30. The van der Waals surface area contributed by atoms with Gasteiger partial charge in [-0.1, -0.05) is 18.2 Å². The van der Waals surface area contributed by atoms with Crippen LogP contribution in [0.2, 0.25) is 0 Å². The van der Waals surface area contributed by atoms with Gasteiger partial charge in [0.05, 0.1) is 11.9 Å². The lowest BCUT2D eigenvalue weighted by molar-refractivity contribution is 0.896. The Kier molecular flexibility index (Phi) is 1.75. The van der Waals surface area contributed by atoms with Gasteiger partial charge in [-0.05, 0) is 24.3 Å². The van der Waals surface area contributed by atoms with E-state index < -0.39 is 0 Å². The van der Waals surface area contributed by atoms with E-state index in [1.54, 1.807) is 6.20 Å². The van der Waals surface area contributed by atoms with Crippen molar-refractivity contribution < 1.29 is 0 Å². The zero-order valence-corrected chi connectivity index (χ0v) is 8.04. The second-order valence-electron chi connectivity index (χ2n) is 3.32. The van der Waals surface area contributed by atoms with Crippen molar-refractivity contribution in [1.82, 2.24) is 14.8 Å². The summed E-state index contributed by atoms with van der Waals surface area (Å²) in [6.45, 7) is 0. The molecule has 2 aromatic heterocycles. The van der Waals surface area contributed by atoms with E-state index in [9.17, 15) is 0 Å². The van der Waals surface area contributed by atoms with E-state index in [-0.39, 0.29) is 0 Å². The number of hydrogen-bond donors (Lipinski definition) is 0. The normalized spacial score (nSPS) is 10.7. The molecule has 1 aromatic carbocycles. The molecule has 15 heavy (non-hydrogen) atoms. The largest absolute Gasteiger partial charge is 0.253 e. The molecule has 0 saturated heterocycles. The number of rotatable bonds is 1. The van der Waals surface area contributed by atoms with Gasteiger partial charge in [0.15, 0.2) is 0 Å². The van der Waals surface area contributed by atoms with Gasteiger partial charge in [0.25, 0.3) is 0 Å². The lowest BCUT2D eigenvalue weighted by Crippen LogP contribution is -1.92. The van der Waals surface area contributed by atoms with Gasteiger partial charge in [-0.2, -0.15) is 5.10 Å². The molecule has 3 heteroatoms. The van der Waals surface area contributed by atoms with E-state index in [1.165, 1.54) is 0 Å². The number of nitrogens with zero attached hydrogens (tertiary/aromatic N) is 3. The van der Waals surface area contributed by atoms with E-state index >= 15 is 0 Å². The van der Waals surface area contributed by atoms with Crippen LogP contribution < -0.4 is 0 Å². The van der Waals surface area contributed by atoms with Gasteiger partial charge in [0.1, 0.15) is 11.0 Å². The van der Waals surface area contributed by atoms with Crippen molar-refractivity contribution in [3.63, 3.8) is 0 Å². The molecule has 0 amide bonds. The molecule has 2 heterocycles. The summed E-state index contributed by atoms with van der Waals surface area (Å²) in [4.78, 5) is 4.24. The maximum absolute atomic E-state index is 4.44. The monoisotopic (exact) mass is 195 g/mol. The molecule has 72 valence electrons. The summed E-state index contributed by atoms with van der Waals surface area (Å²) in [6.07, 6.45) is 3.71. The molecule has 3 rings (SSSR count). The van der Waals surface area contributed by atoms with Gasteiger partial charge in [0, 0.05) is 6.20 Å². The van der Waals surface area contributed by atoms with Crippen LogP contribution in [-0.2, 0) is 0 Å². The first-order valence-electron chi connectivity index (χ1n) is 4.79. The van der Waals surface area contributed by atoms with E-state index in [0.29, 0.717) is 0 Å². The Labute approximate surface area is 87.0 Å². The highest BCUT2D eigenvalue weighted by molar-refractivity contribution is 5.73. The minimum Gasteiger partial charge on any atom is -0.253 e. The Hall–Kier alpha value is -2.16. The number of fused-ring (bicyclic) bond motifs is 1. The lowest BCUT2D eigenvalue weighted by atomic mass is 10.3. The molecule has 0 unspecified atom stereocenters. The Morgan fingerprint density at radius 3 is 2.53 bits per heavy atom. The van der Waals surface area contributed by atoms with Gasteiger partial charge >= 0.3 is 0 Å². The highest BCUT2D eigenvalue weighted by Gasteiger charge is 2.01. The average Bonchev–Trinajstić information content (AvgIpc) is 2.74. The summed E-state index contributed by atoms with van der Waals surface area (Å²) in [5, 5.41) is 4.44. The number of pyridine rings is 1. The molecule has 0 saturated carbocycles. The van der Waals surface area contributed by atoms with E-state index in [1.807, 2.05) is 53.3 Å². The first-order chi connectivity index (χ1) is 7.43. The molecule has 0 atom stereocenters. The quantitative estimate of drug-likeness (QED) is 0.597. The van der Waals surface area contributed by atoms with Crippen molar-refractivity contribution in [3.05, 3.63) is 54.9 Å². The predicted molar refractivity (Wildman–Crippen MR) is 58.9 cm³/mol. The molecule has 3 nitrogen and oxygen atoms in total. The minimum atomic E-state index is 0.918. The molecule has 0 spiro atoms. The zero-order valence-electron chi connectivity index (χ0n) is 8.04. The summed E-state index contributed by atoms with van der Waals surface area (Å²) in [7, 11) is 0. The number of para-hydroxylation sites is 1. The van der Waals surface area contributed by atoms with Crippen molar-refractivity contribution in [2.75, 3.05) is 0 Å². The highest BCUT2D eigenvalue weighted by Crippen LogP contribution is 2.12. The van der Waals surface area contributed by atoms with Crippen LogP contribution in [0.15, 0.2) is 54.9 Å². The molecule has 0 aliphatic rings. The fourth-order valence-corrected chi connectivity index (χ4v) is 1.57. The second kappa shape index (κ2) is 3.20. The molecule has 3 aromatic rings. The predicted octanol–water partition coefficient (Wildman–Crippen LogP) is 2.42. The molecule has 0 bridgehead atoms. The van der Waals surface area contributed by atoms with Gasteiger partial charge < -0.3 is 0 Å². The number of benzene rings is 1. The van der Waals surface area contributed by atoms with Crippen molar-refractivity contribution in [3.8, 4) is 5.69 Å². The molecule has 0 N–H and O–H groups in total. The SMILES string of the molecule is c1ccc(-n2cc3ncccc3n2)cc1. The molecular weight excluding hydrogens is 186 g/mol. The summed E-state index contributed by atoms with van der Waals surface area (Å²) >= 11 is 0. The topological polar surface area (TPSA) is 30.7 Å². The Morgan fingerprint density at radius 1 is 0.867 bits per heavy atom. The number of aromatic nitrogens is 3. The molecule has 0 radical (unpaired) electrons. The maximum Gasteiger partial charge on any atom is 0.111 e. The van der Waals surface area contributed by atoms with Gasteiger partial charge in [0.2, 0.25) is 0 Å². The second-order valence-corrected chi connectivity index (χ2v) is 3.32. The third kappa shape index (κ3) is 1.38. The summed E-state index contributed by atoms with van der Waals surface area (Å²) in [5.41, 5.74) is 2.89. The van der Waals surface area contributed by atoms with Crippen LogP contribution in [-0.4, -0.2) is 14.8 Å². The summed E-state index contributed by atoms with van der Waals surface area (Å²) in [5.74, 6) is 0. The van der Waals surface area contributed by atoms with E-state index in [0.717, 1.165) is 16.7 Å². The van der Waals surface area contributed by atoms with Crippen molar-refractivity contribution in [1.29, 1.82) is 0 Å². The van der Waals surface area contributed by atoms with Crippen molar-refractivity contribution in [2.24, 2.45) is 0 Å². The van der Waals surface area contributed by atoms with Gasteiger partial charge in [-0.25, -0.2) is 4.68 Å². The van der Waals surface area contributed by atoms with Crippen LogP contribution in [0.3, 0.4) is 0 Å². The average molecular weight is 195 g/mol. The molecule has 0 aliphatic carbocycles. The number of hydrogen-bond acceptors (Lipinski definition) is 2. The Balaban J connectivity index is 2.21. The fourth-order valence-electron chi connectivity index (χ4n) is 1.57. The molecule has 0 fully saturated rings. The maximum atomic E-state index is 4.44. The summed E-state index contributed by atoms with van der Waals surface area (Å²) in [6, 6.07) is 13.9. The van der Waals surface area contributed by atoms with Crippen LogP contribution in [0.25, 0.3) is 16.7 Å². The zero-order chi connectivity index (χ0) is 10.1. The Bertz CT molecular complexity index is 551. The van der Waals surface area contributed by atoms with Crippen molar-refractivity contribution in [2.45, 2.75) is 0 Å². The van der Waals surface area contributed by atoms with Gasteiger partial charge in [-0.15, -0.1) is 0 Å². The molecular formula is C12H9N3. The van der Waals surface area contributed by atoms with Crippen LogP contribution in [0.1, 0.15) is 0 Å². The van der Waals surface area contributed by atoms with E-state index in [4.69, 9.17) is 0 Å². The van der Waals surface area contributed by atoms with Crippen LogP contribution in [0, 0.1) is 0 Å². The standard InChI is InChI=1S/C12H9N3/c1-2-5-10(6-3-1)15-9-12-11(14-15)7-4-8-13-12/h1-9H.